The highest BCUT2D eigenvalue weighted by molar-refractivity contribution is 7.72. The molecule has 4 heteroatoms. The zero-order chi connectivity index (χ0) is 15.7. The molecule has 0 saturated carbocycles. The van der Waals surface area contributed by atoms with Crippen molar-refractivity contribution in [3.05, 3.63) is 24.3 Å². The lowest BCUT2D eigenvalue weighted by Gasteiger charge is -2.20. The first-order valence-electron chi connectivity index (χ1n) is 8.28. The van der Waals surface area contributed by atoms with Crippen molar-refractivity contribution >= 4 is 26.5 Å². The molecule has 1 aromatic carbocycles. The van der Waals surface area contributed by atoms with E-state index in [9.17, 15) is 0 Å². The normalized spacial score (nSPS) is 33.6. The van der Waals surface area contributed by atoms with E-state index in [-0.39, 0.29) is 28.1 Å². The van der Waals surface area contributed by atoms with Crippen molar-refractivity contribution in [2.75, 3.05) is 38.9 Å². The lowest BCUT2D eigenvalue weighted by atomic mass is 10.0. The van der Waals surface area contributed by atoms with Gasteiger partial charge in [-0.05, 0) is 34.8 Å². The van der Waals surface area contributed by atoms with Crippen LogP contribution >= 0.6 is 15.8 Å². The molecule has 2 fully saturated rings. The highest BCUT2D eigenvalue weighted by atomic mass is 31.1. The number of ether oxygens (including phenoxy) is 2. The van der Waals surface area contributed by atoms with Gasteiger partial charge in [0.05, 0.1) is 12.2 Å². The summed E-state index contributed by atoms with van der Waals surface area (Å²) in [5, 5.41) is 3.33. The van der Waals surface area contributed by atoms with E-state index in [1.54, 1.807) is 10.6 Å². The van der Waals surface area contributed by atoms with Gasteiger partial charge in [0.25, 0.3) is 0 Å². The average molecular weight is 338 g/mol. The van der Waals surface area contributed by atoms with E-state index in [0.717, 1.165) is 24.2 Å². The van der Waals surface area contributed by atoms with Crippen molar-refractivity contribution in [1.29, 1.82) is 0 Å². The minimum atomic E-state index is -0.130. The fourth-order valence-electron chi connectivity index (χ4n) is 3.72. The summed E-state index contributed by atoms with van der Waals surface area (Å²) in [6.45, 7) is 4.86. The van der Waals surface area contributed by atoms with Crippen molar-refractivity contribution in [1.82, 2.24) is 0 Å². The van der Waals surface area contributed by atoms with Gasteiger partial charge in [-0.3, -0.25) is 0 Å². The van der Waals surface area contributed by atoms with Crippen molar-refractivity contribution < 1.29 is 9.47 Å². The Morgan fingerprint density at radius 1 is 0.773 bits per heavy atom. The van der Waals surface area contributed by atoms with Crippen LogP contribution < -0.4 is 10.6 Å². The summed E-state index contributed by atoms with van der Waals surface area (Å²) in [6, 6.07) is 9.26. The molecular weight excluding hydrogens is 310 g/mol. The summed E-state index contributed by atoms with van der Waals surface area (Å²) in [5.74, 6) is 1.77. The molecule has 0 radical (unpaired) electrons. The van der Waals surface area contributed by atoms with Gasteiger partial charge in [0, 0.05) is 26.5 Å². The van der Waals surface area contributed by atoms with E-state index < -0.39 is 0 Å². The molecular formula is C18H28O2P2. The van der Waals surface area contributed by atoms with Crippen LogP contribution in [0.15, 0.2) is 24.3 Å². The van der Waals surface area contributed by atoms with E-state index in [0.29, 0.717) is 0 Å². The Labute approximate surface area is 137 Å². The van der Waals surface area contributed by atoms with E-state index >= 15 is 0 Å². The zero-order valence-electron chi connectivity index (χ0n) is 14.2. The second-order valence-corrected chi connectivity index (χ2v) is 11.4. The molecule has 0 bridgehead atoms. The van der Waals surface area contributed by atoms with Crippen LogP contribution in [0.5, 0.6) is 0 Å². The van der Waals surface area contributed by atoms with Crippen LogP contribution in [0.25, 0.3) is 0 Å². The van der Waals surface area contributed by atoms with Crippen molar-refractivity contribution in [3.63, 3.8) is 0 Å². The van der Waals surface area contributed by atoms with Crippen LogP contribution in [0.1, 0.15) is 13.8 Å². The van der Waals surface area contributed by atoms with Crippen LogP contribution in [-0.4, -0.2) is 51.1 Å². The van der Waals surface area contributed by atoms with E-state index in [1.165, 1.54) is 12.3 Å². The van der Waals surface area contributed by atoms with Gasteiger partial charge >= 0.3 is 0 Å². The maximum absolute atomic E-state index is 5.66. The van der Waals surface area contributed by atoms with Crippen molar-refractivity contribution in [2.24, 2.45) is 11.8 Å². The van der Waals surface area contributed by atoms with Gasteiger partial charge in [0.1, 0.15) is 0 Å². The third kappa shape index (κ3) is 3.27. The maximum atomic E-state index is 5.66. The number of benzene rings is 1. The lowest BCUT2D eigenvalue weighted by Crippen LogP contribution is -2.27. The SMILES string of the molecule is CO[C@@H]1CP(c2ccccc2P2C[C@@H](C)[C@H](C)C2)C[C@H]1OC. The molecule has 4 atom stereocenters. The molecule has 0 aromatic heterocycles. The smallest absolute Gasteiger partial charge is 0.0878 e. The molecule has 0 amide bonds. The average Bonchev–Trinajstić information content (AvgIpc) is 3.11. The Morgan fingerprint density at radius 3 is 1.59 bits per heavy atom. The van der Waals surface area contributed by atoms with Gasteiger partial charge in [0.2, 0.25) is 0 Å². The van der Waals surface area contributed by atoms with Gasteiger partial charge < -0.3 is 9.47 Å². The molecule has 22 heavy (non-hydrogen) atoms. The predicted octanol–water partition coefficient (Wildman–Crippen LogP) is 3.23. The monoisotopic (exact) mass is 338 g/mol. The maximum Gasteiger partial charge on any atom is 0.0878 e. The number of hydrogen-bond acceptors (Lipinski definition) is 2. The summed E-state index contributed by atoms with van der Waals surface area (Å²) in [4.78, 5) is 0. The predicted molar refractivity (Wildman–Crippen MR) is 98.9 cm³/mol. The molecule has 2 nitrogen and oxygen atoms in total. The minimum absolute atomic E-state index is 0.0417. The molecule has 2 aliphatic heterocycles. The summed E-state index contributed by atoms with van der Waals surface area (Å²) < 4.78 is 11.3. The Bertz CT molecular complexity index is 486. The first kappa shape index (κ1) is 16.8. The van der Waals surface area contributed by atoms with Crippen LogP contribution in [0.4, 0.5) is 0 Å². The molecule has 0 spiro atoms. The molecule has 2 saturated heterocycles. The van der Waals surface area contributed by atoms with Gasteiger partial charge in [-0.15, -0.1) is 0 Å². The Morgan fingerprint density at radius 2 is 1.18 bits per heavy atom. The Balaban J connectivity index is 1.83. The number of rotatable bonds is 4. The number of methoxy groups -OCH3 is 2. The van der Waals surface area contributed by atoms with Gasteiger partial charge in [0.15, 0.2) is 0 Å². The second kappa shape index (κ2) is 7.27. The van der Waals surface area contributed by atoms with E-state index in [4.69, 9.17) is 9.47 Å². The fourth-order valence-corrected chi connectivity index (χ4v) is 10.8. The van der Waals surface area contributed by atoms with E-state index in [1.807, 2.05) is 14.2 Å². The molecule has 122 valence electrons. The number of hydrogen-bond donors (Lipinski definition) is 0. The van der Waals surface area contributed by atoms with Crippen molar-refractivity contribution in [2.45, 2.75) is 26.1 Å². The largest absolute Gasteiger partial charge is 0.378 e. The molecule has 0 unspecified atom stereocenters. The first-order chi connectivity index (χ1) is 10.6. The second-order valence-electron chi connectivity index (χ2n) is 6.80. The van der Waals surface area contributed by atoms with Gasteiger partial charge in [-0.25, -0.2) is 0 Å². The topological polar surface area (TPSA) is 18.5 Å². The highest BCUT2D eigenvalue weighted by Crippen LogP contribution is 2.51. The molecule has 2 aliphatic rings. The fraction of sp³-hybridized carbons (Fsp3) is 0.667. The third-order valence-corrected chi connectivity index (χ3v) is 11.3. The molecule has 1 aromatic rings. The van der Waals surface area contributed by atoms with Crippen LogP contribution in [-0.2, 0) is 9.47 Å². The first-order valence-corrected chi connectivity index (χ1v) is 11.7. The van der Waals surface area contributed by atoms with Crippen LogP contribution in [0, 0.1) is 11.8 Å². The Kier molecular flexibility index (Phi) is 5.56. The van der Waals surface area contributed by atoms with Gasteiger partial charge in [-0.1, -0.05) is 54.0 Å². The summed E-state index contributed by atoms with van der Waals surface area (Å²) in [6.07, 6.45) is 5.71. The van der Waals surface area contributed by atoms with Crippen LogP contribution in [0.3, 0.4) is 0 Å². The molecule has 0 N–H and O–H groups in total. The molecule has 0 aliphatic carbocycles. The summed E-state index contributed by atoms with van der Waals surface area (Å²) >= 11 is 0. The minimum Gasteiger partial charge on any atom is -0.378 e. The quantitative estimate of drug-likeness (QED) is 0.785. The summed E-state index contributed by atoms with van der Waals surface area (Å²) in [5.41, 5.74) is 0. The Hall–Kier alpha value is -0.0000000000000000208. The molecule has 2 heterocycles. The molecule has 3 rings (SSSR count). The standard InChI is InChI=1S/C18H28O2P2/c1-13-9-21(10-14(13)2)17-7-5-6-8-18(17)22-11-15(19-3)16(12-22)20-4/h5-8,13-16H,9-12H2,1-4H3/t13-,14-,15-,16-/m1/s1. The van der Waals surface area contributed by atoms with Crippen molar-refractivity contribution in [3.8, 4) is 0 Å². The lowest BCUT2D eigenvalue weighted by molar-refractivity contribution is -0.00461. The summed E-state index contributed by atoms with van der Waals surface area (Å²) in [7, 11) is 3.56. The van der Waals surface area contributed by atoms with Crippen LogP contribution in [0.2, 0.25) is 0 Å². The van der Waals surface area contributed by atoms with Gasteiger partial charge in [-0.2, -0.15) is 0 Å². The zero-order valence-corrected chi connectivity index (χ0v) is 15.9. The van der Waals surface area contributed by atoms with E-state index in [2.05, 4.69) is 38.1 Å². The third-order valence-electron chi connectivity index (χ3n) is 5.37. The highest BCUT2D eigenvalue weighted by Gasteiger charge is 2.37.